The molecular weight excluding hydrogens is 390 g/mol. The lowest BCUT2D eigenvalue weighted by atomic mass is 9.96. The van der Waals surface area contributed by atoms with Crippen molar-refractivity contribution in [3.63, 3.8) is 0 Å². The summed E-state index contributed by atoms with van der Waals surface area (Å²) in [6.07, 6.45) is 5.57. The summed E-state index contributed by atoms with van der Waals surface area (Å²) in [5.41, 5.74) is 1.04. The quantitative estimate of drug-likeness (QED) is 0.656. The first-order valence-corrected chi connectivity index (χ1v) is 11.4. The molecule has 0 atom stereocenters. The Balaban J connectivity index is 1.70. The van der Waals surface area contributed by atoms with Gasteiger partial charge in [0.05, 0.1) is 6.54 Å². The third-order valence-electron chi connectivity index (χ3n) is 5.83. The van der Waals surface area contributed by atoms with E-state index < -0.39 is 0 Å². The minimum Gasteiger partial charge on any atom is -0.464 e. The van der Waals surface area contributed by atoms with Gasteiger partial charge in [0.1, 0.15) is 18.1 Å². The van der Waals surface area contributed by atoms with Crippen molar-refractivity contribution in [2.45, 2.75) is 78.0 Å². The van der Waals surface area contributed by atoms with Crippen LogP contribution in [-0.2, 0) is 17.9 Å². The summed E-state index contributed by atoms with van der Waals surface area (Å²) in [5.74, 6) is 1.47. The van der Waals surface area contributed by atoms with E-state index in [0.29, 0.717) is 13.1 Å². The molecule has 2 aromatic rings. The highest BCUT2D eigenvalue weighted by atomic mass is 16.3. The average molecular weight is 426 g/mol. The van der Waals surface area contributed by atoms with E-state index in [1.165, 1.54) is 6.42 Å². The Hall–Kier alpha value is -2.76. The summed E-state index contributed by atoms with van der Waals surface area (Å²) in [5, 5.41) is 3.15. The van der Waals surface area contributed by atoms with Crippen molar-refractivity contribution in [2.24, 2.45) is 0 Å². The Bertz CT molecular complexity index is 841. The molecular formula is C25H35N3O3. The van der Waals surface area contributed by atoms with Crippen LogP contribution in [0.1, 0.15) is 63.0 Å². The zero-order chi connectivity index (χ0) is 22.2. The Morgan fingerprint density at radius 1 is 1.03 bits per heavy atom. The largest absolute Gasteiger partial charge is 0.464 e. The van der Waals surface area contributed by atoms with E-state index in [1.54, 1.807) is 9.80 Å². The van der Waals surface area contributed by atoms with Gasteiger partial charge < -0.3 is 19.5 Å². The molecule has 3 rings (SSSR count). The molecule has 1 N–H and O–H groups in total. The molecule has 31 heavy (non-hydrogen) atoms. The Labute approximate surface area is 185 Å². The maximum atomic E-state index is 13.3. The molecule has 3 amide bonds. The van der Waals surface area contributed by atoms with Gasteiger partial charge in [0.2, 0.25) is 5.91 Å². The number of nitrogens with one attached hydrogen (secondary N) is 1. The first kappa shape index (κ1) is 22.9. The number of urea groups is 1. The van der Waals surface area contributed by atoms with E-state index in [-0.39, 0.29) is 30.6 Å². The number of aryl methyl sites for hydroxylation is 1. The molecule has 168 valence electrons. The van der Waals surface area contributed by atoms with Crippen LogP contribution >= 0.6 is 0 Å². The molecule has 1 heterocycles. The van der Waals surface area contributed by atoms with E-state index in [0.717, 1.165) is 42.8 Å². The van der Waals surface area contributed by atoms with Gasteiger partial charge in [-0.3, -0.25) is 4.79 Å². The summed E-state index contributed by atoms with van der Waals surface area (Å²) in [4.78, 5) is 29.7. The van der Waals surface area contributed by atoms with Crippen LogP contribution in [0.25, 0.3) is 0 Å². The van der Waals surface area contributed by atoms with Gasteiger partial charge in [-0.1, -0.05) is 49.6 Å². The van der Waals surface area contributed by atoms with E-state index in [1.807, 2.05) is 63.2 Å². The molecule has 1 aromatic heterocycles. The topological polar surface area (TPSA) is 65.8 Å². The van der Waals surface area contributed by atoms with Gasteiger partial charge in [-0.25, -0.2) is 4.79 Å². The van der Waals surface area contributed by atoms with Crippen molar-refractivity contribution in [2.75, 3.05) is 6.54 Å². The molecule has 6 nitrogen and oxygen atoms in total. The Kier molecular flexibility index (Phi) is 8.15. The molecule has 0 aliphatic heterocycles. The molecule has 0 bridgehead atoms. The SMILES string of the molecule is Cc1ccc(CN(Cc2ccccc2)C(=O)CN(C(=O)NC2CCCCC2)C(C)C)o1. The van der Waals surface area contributed by atoms with E-state index in [9.17, 15) is 9.59 Å². The fourth-order valence-electron chi connectivity index (χ4n) is 4.03. The van der Waals surface area contributed by atoms with Crippen molar-refractivity contribution in [1.29, 1.82) is 0 Å². The maximum Gasteiger partial charge on any atom is 0.318 e. The van der Waals surface area contributed by atoms with Gasteiger partial charge in [-0.2, -0.15) is 0 Å². The van der Waals surface area contributed by atoms with Crippen LogP contribution in [0.15, 0.2) is 46.9 Å². The minimum absolute atomic E-state index is 0.0444. The normalized spacial score (nSPS) is 14.5. The number of hydrogen-bond donors (Lipinski definition) is 1. The summed E-state index contributed by atoms with van der Waals surface area (Å²) in [6.45, 7) is 6.68. The van der Waals surface area contributed by atoms with Crippen LogP contribution in [-0.4, -0.2) is 40.4 Å². The smallest absolute Gasteiger partial charge is 0.318 e. The van der Waals surface area contributed by atoms with Crippen LogP contribution < -0.4 is 5.32 Å². The number of carbonyl (C=O) groups excluding carboxylic acids is 2. The van der Waals surface area contributed by atoms with E-state index in [2.05, 4.69) is 5.32 Å². The molecule has 0 saturated heterocycles. The lowest BCUT2D eigenvalue weighted by Gasteiger charge is -2.32. The molecule has 6 heteroatoms. The van der Waals surface area contributed by atoms with E-state index >= 15 is 0 Å². The second-order valence-electron chi connectivity index (χ2n) is 8.75. The molecule has 1 aromatic carbocycles. The number of hydrogen-bond acceptors (Lipinski definition) is 3. The first-order chi connectivity index (χ1) is 14.9. The number of nitrogens with zero attached hydrogens (tertiary/aromatic N) is 2. The van der Waals surface area contributed by atoms with Crippen molar-refractivity contribution in [3.05, 3.63) is 59.5 Å². The second-order valence-corrected chi connectivity index (χ2v) is 8.75. The van der Waals surface area contributed by atoms with Gasteiger partial charge in [-0.05, 0) is 51.3 Å². The number of rotatable bonds is 8. The van der Waals surface area contributed by atoms with Crippen molar-refractivity contribution >= 4 is 11.9 Å². The van der Waals surface area contributed by atoms with Gasteiger partial charge in [0.25, 0.3) is 0 Å². The van der Waals surface area contributed by atoms with Crippen molar-refractivity contribution in [1.82, 2.24) is 15.1 Å². The minimum atomic E-state index is -0.149. The summed E-state index contributed by atoms with van der Waals surface area (Å²) >= 11 is 0. The number of amides is 3. The number of furan rings is 1. The highest BCUT2D eigenvalue weighted by molar-refractivity contribution is 5.84. The zero-order valence-corrected chi connectivity index (χ0v) is 19.0. The van der Waals surface area contributed by atoms with Crippen LogP contribution in [0.4, 0.5) is 4.79 Å². The third-order valence-corrected chi connectivity index (χ3v) is 5.83. The van der Waals surface area contributed by atoms with Crippen LogP contribution in [0.3, 0.4) is 0 Å². The second kappa shape index (κ2) is 11.0. The Morgan fingerprint density at radius 2 is 1.74 bits per heavy atom. The molecule has 1 aliphatic rings. The number of benzene rings is 1. The predicted octanol–water partition coefficient (Wildman–Crippen LogP) is 4.87. The number of carbonyl (C=O) groups is 2. The lowest BCUT2D eigenvalue weighted by Crippen LogP contribution is -2.51. The monoisotopic (exact) mass is 425 g/mol. The standard InChI is InChI=1S/C25H35N3O3/c1-19(2)28(25(30)26-22-12-8-5-9-13-22)18-24(29)27(16-21-10-6-4-7-11-21)17-23-15-14-20(3)31-23/h4,6-7,10-11,14-15,19,22H,5,8-9,12-13,16-18H2,1-3H3,(H,26,30). The van der Waals surface area contributed by atoms with Gasteiger partial charge in [-0.15, -0.1) is 0 Å². The first-order valence-electron chi connectivity index (χ1n) is 11.4. The van der Waals surface area contributed by atoms with Crippen LogP contribution in [0, 0.1) is 6.92 Å². The molecule has 1 fully saturated rings. The van der Waals surface area contributed by atoms with Crippen LogP contribution in [0.2, 0.25) is 0 Å². The van der Waals surface area contributed by atoms with Gasteiger partial charge in [0, 0.05) is 18.6 Å². The average Bonchev–Trinajstić information content (AvgIpc) is 3.17. The van der Waals surface area contributed by atoms with E-state index in [4.69, 9.17) is 4.42 Å². The molecule has 1 aliphatic carbocycles. The predicted molar refractivity (Wildman–Crippen MR) is 121 cm³/mol. The Morgan fingerprint density at radius 3 is 2.35 bits per heavy atom. The molecule has 0 spiro atoms. The zero-order valence-electron chi connectivity index (χ0n) is 19.0. The third kappa shape index (κ3) is 6.88. The highest BCUT2D eigenvalue weighted by Gasteiger charge is 2.26. The summed E-state index contributed by atoms with van der Waals surface area (Å²) < 4.78 is 5.72. The lowest BCUT2D eigenvalue weighted by molar-refractivity contribution is -0.133. The fraction of sp³-hybridized carbons (Fsp3) is 0.520. The fourth-order valence-corrected chi connectivity index (χ4v) is 4.03. The summed E-state index contributed by atoms with van der Waals surface area (Å²) in [7, 11) is 0. The van der Waals surface area contributed by atoms with Crippen LogP contribution in [0.5, 0.6) is 0 Å². The molecule has 0 radical (unpaired) electrons. The molecule has 0 unspecified atom stereocenters. The summed E-state index contributed by atoms with van der Waals surface area (Å²) in [6, 6.07) is 13.7. The van der Waals surface area contributed by atoms with Gasteiger partial charge >= 0.3 is 6.03 Å². The van der Waals surface area contributed by atoms with Crippen molar-refractivity contribution < 1.29 is 14.0 Å². The van der Waals surface area contributed by atoms with Crippen molar-refractivity contribution in [3.8, 4) is 0 Å². The maximum absolute atomic E-state index is 13.3. The van der Waals surface area contributed by atoms with Gasteiger partial charge in [0.15, 0.2) is 0 Å². The highest BCUT2D eigenvalue weighted by Crippen LogP contribution is 2.18. The molecule has 1 saturated carbocycles.